The van der Waals surface area contributed by atoms with E-state index in [2.05, 4.69) is 28.8 Å². The van der Waals surface area contributed by atoms with E-state index in [4.69, 9.17) is 4.98 Å². The van der Waals surface area contributed by atoms with E-state index < -0.39 is 0 Å². The molecule has 3 aromatic carbocycles. The molecular formula is C28H25N3O2. The highest BCUT2D eigenvalue weighted by Gasteiger charge is 2.34. The Bertz CT molecular complexity index is 1240. The zero-order valence-corrected chi connectivity index (χ0v) is 18.4. The third kappa shape index (κ3) is 4.10. The lowest BCUT2D eigenvalue weighted by atomic mass is 10.0. The summed E-state index contributed by atoms with van der Waals surface area (Å²) in [7, 11) is 0. The number of hydrogen-bond acceptors (Lipinski definition) is 3. The van der Waals surface area contributed by atoms with E-state index in [0.29, 0.717) is 17.7 Å². The number of rotatable bonds is 8. The normalized spacial score (nSPS) is 12.9. The van der Waals surface area contributed by atoms with Crippen molar-refractivity contribution in [2.75, 3.05) is 6.54 Å². The van der Waals surface area contributed by atoms with Crippen LogP contribution in [0, 0.1) is 0 Å². The van der Waals surface area contributed by atoms with Crippen LogP contribution in [0.5, 0.6) is 0 Å². The van der Waals surface area contributed by atoms with Crippen molar-refractivity contribution in [3.05, 3.63) is 102 Å². The fourth-order valence-corrected chi connectivity index (χ4v) is 4.43. The van der Waals surface area contributed by atoms with Crippen molar-refractivity contribution in [3.63, 3.8) is 0 Å². The fraction of sp³-hybridized carbons (Fsp3) is 0.179. The number of imidazole rings is 1. The van der Waals surface area contributed by atoms with Gasteiger partial charge in [0.1, 0.15) is 0 Å². The summed E-state index contributed by atoms with van der Waals surface area (Å²) in [5, 5.41) is 0. The fourth-order valence-electron chi connectivity index (χ4n) is 4.43. The minimum Gasteiger partial charge on any atom is -0.330 e. The van der Waals surface area contributed by atoms with Gasteiger partial charge in [-0.1, -0.05) is 72.8 Å². The maximum atomic E-state index is 12.5. The van der Waals surface area contributed by atoms with Gasteiger partial charge < -0.3 is 4.57 Å². The van der Waals surface area contributed by atoms with Gasteiger partial charge >= 0.3 is 0 Å². The van der Waals surface area contributed by atoms with Crippen LogP contribution in [-0.2, 0) is 6.54 Å². The number of carbonyl (C=O) groups is 2. The minimum absolute atomic E-state index is 0.177. The van der Waals surface area contributed by atoms with Crippen molar-refractivity contribution in [2.24, 2.45) is 0 Å². The molecule has 5 nitrogen and oxygen atoms in total. The van der Waals surface area contributed by atoms with Crippen molar-refractivity contribution in [1.82, 2.24) is 14.5 Å². The number of fused-ring (bicyclic) bond motifs is 1. The van der Waals surface area contributed by atoms with Gasteiger partial charge in [0.15, 0.2) is 0 Å². The Morgan fingerprint density at radius 2 is 1.15 bits per heavy atom. The highest BCUT2D eigenvalue weighted by Crippen LogP contribution is 2.31. The number of aromatic nitrogens is 2. The summed E-state index contributed by atoms with van der Waals surface area (Å²) in [6, 6.07) is 27.6. The smallest absolute Gasteiger partial charge is 0.261 e. The van der Waals surface area contributed by atoms with Crippen LogP contribution in [0.4, 0.5) is 0 Å². The van der Waals surface area contributed by atoms with Gasteiger partial charge in [0.2, 0.25) is 0 Å². The minimum atomic E-state index is -0.177. The zero-order chi connectivity index (χ0) is 22.6. The van der Waals surface area contributed by atoms with E-state index in [-0.39, 0.29) is 11.8 Å². The number of hydrogen-bond donors (Lipinski definition) is 0. The van der Waals surface area contributed by atoms with Crippen LogP contribution in [0.15, 0.2) is 91.3 Å². The topological polar surface area (TPSA) is 55.2 Å². The molecular weight excluding hydrogens is 410 g/mol. The Morgan fingerprint density at radius 1 is 0.606 bits per heavy atom. The van der Waals surface area contributed by atoms with Crippen LogP contribution < -0.4 is 0 Å². The summed E-state index contributed by atoms with van der Waals surface area (Å²) in [5.74, 6) is -0.354. The van der Waals surface area contributed by atoms with Crippen molar-refractivity contribution in [3.8, 4) is 22.5 Å². The van der Waals surface area contributed by atoms with Crippen molar-refractivity contribution >= 4 is 11.8 Å². The van der Waals surface area contributed by atoms with Crippen molar-refractivity contribution in [1.29, 1.82) is 0 Å². The lowest BCUT2D eigenvalue weighted by Gasteiger charge is -2.14. The summed E-state index contributed by atoms with van der Waals surface area (Å²) in [6.07, 6.45) is 4.55. The summed E-state index contributed by atoms with van der Waals surface area (Å²) in [6.45, 7) is 1.28. The first kappa shape index (κ1) is 20.9. The van der Waals surface area contributed by atoms with E-state index in [0.717, 1.165) is 48.3 Å². The molecule has 0 aliphatic carbocycles. The molecule has 2 amide bonds. The predicted molar refractivity (Wildman–Crippen MR) is 129 cm³/mol. The van der Waals surface area contributed by atoms with Gasteiger partial charge in [0.05, 0.1) is 28.8 Å². The molecule has 0 bridgehead atoms. The molecule has 0 unspecified atom stereocenters. The Kier molecular flexibility index (Phi) is 5.85. The molecule has 0 atom stereocenters. The Morgan fingerprint density at radius 3 is 1.79 bits per heavy atom. The molecule has 0 N–H and O–H groups in total. The van der Waals surface area contributed by atoms with Gasteiger partial charge in [-0.05, 0) is 31.4 Å². The molecule has 1 aliphatic heterocycles. The van der Waals surface area contributed by atoms with Crippen LogP contribution >= 0.6 is 0 Å². The summed E-state index contributed by atoms with van der Waals surface area (Å²) in [4.78, 5) is 31.2. The zero-order valence-electron chi connectivity index (χ0n) is 18.4. The maximum absolute atomic E-state index is 12.5. The van der Waals surface area contributed by atoms with E-state index in [1.165, 1.54) is 4.90 Å². The first-order valence-electron chi connectivity index (χ1n) is 11.4. The van der Waals surface area contributed by atoms with E-state index >= 15 is 0 Å². The van der Waals surface area contributed by atoms with Gasteiger partial charge in [-0.15, -0.1) is 0 Å². The first-order valence-corrected chi connectivity index (χ1v) is 11.4. The van der Waals surface area contributed by atoms with Crippen molar-refractivity contribution in [2.45, 2.75) is 25.8 Å². The molecule has 1 aliphatic rings. The number of imide groups is 1. The highest BCUT2D eigenvalue weighted by atomic mass is 16.2. The average Bonchev–Trinajstić information content (AvgIpc) is 3.40. The van der Waals surface area contributed by atoms with Crippen LogP contribution in [0.25, 0.3) is 22.5 Å². The molecule has 0 saturated carbocycles. The van der Waals surface area contributed by atoms with Gasteiger partial charge in [0.25, 0.3) is 11.8 Å². The molecule has 0 fully saturated rings. The number of carbonyl (C=O) groups excluding carboxylic acids is 2. The number of nitrogens with zero attached hydrogens (tertiary/aromatic N) is 3. The van der Waals surface area contributed by atoms with Gasteiger partial charge in [-0.2, -0.15) is 0 Å². The summed E-state index contributed by atoms with van der Waals surface area (Å²) in [5.41, 5.74) is 5.36. The standard InChI is InChI=1S/C28H25N3O2/c32-27-23-16-8-9-17-24(23)28(33)31(27)19-11-3-10-18-30-20-29-25(21-12-4-1-5-13-21)26(30)22-14-6-2-7-15-22/h1-2,4-9,12-17,20H,3,10-11,18-19H2. The molecule has 2 heterocycles. The lowest BCUT2D eigenvalue weighted by molar-refractivity contribution is 0.0651. The molecule has 5 heteroatoms. The molecule has 1 aromatic heterocycles. The van der Waals surface area contributed by atoms with Gasteiger partial charge in [-0.3, -0.25) is 14.5 Å². The Hall–Kier alpha value is -3.99. The summed E-state index contributed by atoms with van der Waals surface area (Å²) < 4.78 is 2.21. The molecule has 0 spiro atoms. The number of aryl methyl sites for hydroxylation is 1. The highest BCUT2D eigenvalue weighted by molar-refractivity contribution is 6.21. The maximum Gasteiger partial charge on any atom is 0.261 e. The molecule has 33 heavy (non-hydrogen) atoms. The number of amides is 2. The first-order chi connectivity index (χ1) is 16.2. The third-order valence-electron chi connectivity index (χ3n) is 6.09. The molecule has 4 aromatic rings. The van der Waals surface area contributed by atoms with Crippen molar-refractivity contribution < 1.29 is 9.59 Å². The van der Waals surface area contributed by atoms with Gasteiger partial charge in [0, 0.05) is 24.2 Å². The van der Waals surface area contributed by atoms with Crippen LogP contribution in [0.1, 0.15) is 40.0 Å². The van der Waals surface area contributed by atoms with E-state index in [1.54, 1.807) is 24.3 Å². The largest absolute Gasteiger partial charge is 0.330 e. The molecule has 5 rings (SSSR count). The molecule has 164 valence electrons. The molecule has 0 saturated heterocycles. The lowest BCUT2D eigenvalue weighted by Crippen LogP contribution is -2.30. The monoisotopic (exact) mass is 435 g/mol. The average molecular weight is 436 g/mol. The predicted octanol–water partition coefficient (Wildman–Crippen LogP) is 5.68. The molecule has 0 radical (unpaired) electrons. The third-order valence-corrected chi connectivity index (χ3v) is 6.09. The summed E-state index contributed by atoms with van der Waals surface area (Å²) >= 11 is 0. The van der Waals surface area contributed by atoms with Crippen LogP contribution in [-0.4, -0.2) is 32.8 Å². The Balaban J connectivity index is 1.24. The van der Waals surface area contributed by atoms with Crippen LogP contribution in [0.2, 0.25) is 0 Å². The van der Waals surface area contributed by atoms with E-state index in [9.17, 15) is 9.59 Å². The number of benzene rings is 3. The number of unbranched alkanes of at least 4 members (excludes halogenated alkanes) is 2. The van der Waals surface area contributed by atoms with Crippen LogP contribution in [0.3, 0.4) is 0 Å². The quantitative estimate of drug-likeness (QED) is 0.264. The second-order valence-electron chi connectivity index (χ2n) is 8.24. The second-order valence-corrected chi connectivity index (χ2v) is 8.24. The van der Waals surface area contributed by atoms with E-state index in [1.807, 2.05) is 42.7 Å². The second kappa shape index (κ2) is 9.25. The van der Waals surface area contributed by atoms with Gasteiger partial charge in [-0.25, -0.2) is 4.98 Å². The SMILES string of the molecule is O=C1c2ccccc2C(=O)N1CCCCCn1cnc(-c2ccccc2)c1-c1ccccc1. The Labute approximate surface area is 193 Å².